The maximum absolute atomic E-state index is 10.8. The molecule has 1 N–H and O–H groups in total. The van der Waals surface area contributed by atoms with Gasteiger partial charge < -0.3 is 5.11 Å². The third-order valence-corrected chi connectivity index (χ3v) is 8.31. The molecule has 0 heterocycles. The summed E-state index contributed by atoms with van der Waals surface area (Å²) in [6.45, 7) is 7.36. The van der Waals surface area contributed by atoms with E-state index in [2.05, 4.69) is 39.0 Å². The molecule has 3 fully saturated rings. The van der Waals surface area contributed by atoms with Crippen molar-refractivity contribution in [3.63, 3.8) is 0 Å². The first-order valence-electron chi connectivity index (χ1n) is 9.57. The molecule has 4 aliphatic carbocycles. The summed E-state index contributed by atoms with van der Waals surface area (Å²) in [6.07, 6.45) is 15.9. The Balaban J connectivity index is 1.71. The second-order valence-electron chi connectivity index (χ2n) is 8.94. The summed E-state index contributed by atoms with van der Waals surface area (Å²) in [5.41, 5.74) is 2.02. The van der Waals surface area contributed by atoms with Crippen LogP contribution in [0.4, 0.5) is 0 Å². The molecule has 0 aromatic rings. The third-order valence-electron chi connectivity index (χ3n) is 8.31. The van der Waals surface area contributed by atoms with Crippen LogP contribution in [-0.2, 0) is 0 Å². The number of aliphatic hydroxyl groups is 1. The number of hydrogen-bond acceptors (Lipinski definition) is 1. The van der Waals surface area contributed by atoms with Gasteiger partial charge in [0.2, 0.25) is 0 Å². The first-order valence-corrected chi connectivity index (χ1v) is 9.57. The molecule has 1 nitrogen and oxygen atoms in total. The Bertz CT molecular complexity index is 518. The van der Waals surface area contributed by atoms with Crippen LogP contribution in [0.25, 0.3) is 0 Å². The molecule has 0 spiro atoms. The summed E-state index contributed by atoms with van der Waals surface area (Å²) in [7, 11) is 0. The van der Waals surface area contributed by atoms with Crippen molar-refractivity contribution in [1.29, 1.82) is 0 Å². The van der Waals surface area contributed by atoms with Crippen LogP contribution in [0.1, 0.15) is 65.7 Å². The first-order chi connectivity index (χ1) is 10.5. The van der Waals surface area contributed by atoms with E-state index in [0.717, 1.165) is 36.5 Å². The zero-order valence-electron chi connectivity index (χ0n) is 14.5. The molecule has 1 unspecified atom stereocenters. The zero-order chi connectivity index (χ0) is 15.5. The Hall–Kier alpha value is -0.560. The van der Waals surface area contributed by atoms with Gasteiger partial charge in [0, 0.05) is 5.41 Å². The second kappa shape index (κ2) is 4.97. The summed E-state index contributed by atoms with van der Waals surface area (Å²) < 4.78 is 0. The molecule has 1 heteroatoms. The minimum atomic E-state index is -0.195. The Morgan fingerprint density at radius 3 is 2.77 bits per heavy atom. The summed E-state index contributed by atoms with van der Waals surface area (Å²) in [4.78, 5) is 0. The van der Waals surface area contributed by atoms with Gasteiger partial charge in [-0.05, 0) is 73.2 Å². The van der Waals surface area contributed by atoms with Gasteiger partial charge in [-0.2, -0.15) is 0 Å². The van der Waals surface area contributed by atoms with Gasteiger partial charge in [-0.1, -0.05) is 45.4 Å². The monoisotopic (exact) mass is 300 g/mol. The van der Waals surface area contributed by atoms with Crippen molar-refractivity contribution in [2.24, 2.45) is 34.5 Å². The lowest BCUT2D eigenvalue weighted by Crippen LogP contribution is -2.52. The minimum absolute atomic E-state index is 0.131. The van der Waals surface area contributed by atoms with Crippen LogP contribution in [0, 0.1) is 34.5 Å². The van der Waals surface area contributed by atoms with Crippen molar-refractivity contribution < 1.29 is 5.11 Å². The molecule has 0 saturated heterocycles. The SMILES string of the molecule is CC[C@H]1CC[C@H]2[C@@H]3CC(O)C4=CCC=C[C@]4(C)[C@H]3CC[C@]12C. The summed E-state index contributed by atoms with van der Waals surface area (Å²) in [6, 6.07) is 0. The van der Waals surface area contributed by atoms with Gasteiger partial charge in [0.05, 0.1) is 6.10 Å². The van der Waals surface area contributed by atoms with E-state index in [-0.39, 0.29) is 11.5 Å². The molecule has 0 aromatic carbocycles. The van der Waals surface area contributed by atoms with Crippen molar-refractivity contribution in [3.8, 4) is 0 Å². The molecule has 0 radical (unpaired) electrons. The fourth-order valence-corrected chi connectivity index (χ4v) is 7.18. The predicted molar refractivity (Wildman–Crippen MR) is 91.4 cm³/mol. The predicted octanol–water partition coefficient (Wildman–Crippen LogP) is 5.11. The van der Waals surface area contributed by atoms with Gasteiger partial charge in [-0.25, -0.2) is 0 Å². The minimum Gasteiger partial charge on any atom is -0.389 e. The van der Waals surface area contributed by atoms with E-state index < -0.39 is 0 Å². The third kappa shape index (κ3) is 1.81. The Labute approximate surface area is 135 Å². The Morgan fingerprint density at radius 2 is 2.00 bits per heavy atom. The number of allylic oxidation sites excluding steroid dienone is 3. The maximum atomic E-state index is 10.8. The van der Waals surface area contributed by atoms with Gasteiger partial charge in [0.15, 0.2) is 0 Å². The Kier molecular flexibility index (Phi) is 3.39. The Morgan fingerprint density at radius 1 is 1.18 bits per heavy atom. The quantitative estimate of drug-likeness (QED) is 0.667. The largest absolute Gasteiger partial charge is 0.389 e. The van der Waals surface area contributed by atoms with E-state index in [1.54, 1.807) is 0 Å². The van der Waals surface area contributed by atoms with Crippen LogP contribution >= 0.6 is 0 Å². The standard InChI is InChI=1S/C21H32O/c1-4-14-8-9-16-15-13-19(22)18-7-5-6-11-21(18,3)17(15)10-12-20(14,16)2/h6-7,11,14-17,19,22H,4-5,8-10,12-13H2,1-3H3/t14-,15-,16-,17-,19?,20+,21+/m0/s1. The van der Waals surface area contributed by atoms with Crippen LogP contribution in [0.2, 0.25) is 0 Å². The van der Waals surface area contributed by atoms with Gasteiger partial charge in [0.1, 0.15) is 0 Å². The molecule has 4 rings (SSSR count). The summed E-state index contributed by atoms with van der Waals surface area (Å²) in [5, 5.41) is 10.8. The van der Waals surface area contributed by atoms with E-state index in [1.165, 1.54) is 37.7 Å². The smallest absolute Gasteiger partial charge is 0.0761 e. The van der Waals surface area contributed by atoms with E-state index in [1.807, 2.05) is 0 Å². The number of aliphatic hydroxyl groups excluding tert-OH is 1. The van der Waals surface area contributed by atoms with Crippen LogP contribution in [0.15, 0.2) is 23.8 Å². The van der Waals surface area contributed by atoms with Crippen LogP contribution < -0.4 is 0 Å². The lowest BCUT2D eigenvalue weighted by atomic mass is 9.47. The normalized spacial score (nSPS) is 53.5. The van der Waals surface area contributed by atoms with E-state index >= 15 is 0 Å². The van der Waals surface area contributed by atoms with Crippen molar-refractivity contribution in [2.75, 3.05) is 0 Å². The molecule has 7 atom stereocenters. The molecule has 22 heavy (non-hydrogen) atoms. The molecular formula is C21H32O. The fraction of sp³-hybridized carbons (Fsp3) is 0.810. The topological polar surface area (TPSA) is 20.2 Å². The van der Waals surface area contributed by atoms with Gasteiger partial charge in [-0.15, -0.1) is 0 Å². The van der Waals surface area contributed by atoms with Crippen molar-refractivity contribution in [1.82, 2.24) is 0 Å². The molecule has 4 aliphatic rings. The zero-order valence-corrected chi connectivity index (χ0v) is 14.5. The van der Waals surface area contributed by atoms with Crippen LogP contribution in [-0.4, -0.2) is 11.2 Å². The number of fused-ring (bicyclic) bond motifs is 5. The van der Waals surface area contributed by atoms with E-state index in [0.29, 0.717) is 5.41 Å². The fourth-order valence-electron chi connectivity index (χ4n) is 7.18. The summed E-state index contributed by atoms with van der Waals surface area (Å²) in [5.74, 6) is 3.25. The van der Waals surface area contributed by atoms with Crippen molar-refractivity contribution >= 4 is 0 Å². The molecule has 122 valence electrons. The summed E-state index contributed by atoms with van der Waals surface area (Å²) >= 11 is 0. The molecule has 0 aliphatic heterocycles. The highest BCUT2D eigenvalue weighted by molar-refractivity contribution is 5.34. The second-order valence-corrected chi connectivity index (χ2v) is 8.94. The van der Waals surface area contributed by atoms with Crippen molar-refractivity contribution in [2.45, 2.75) is 71.8 Å². The van der Waals surface area contributed by atoms with Gasteiger partial charge in [-0.3, -0.25) is 0 Å². The van der Waals surface area contributed by atoms with Crippen LogP contribution in [0.5, 0.6) is 0 Å². The van der Waals surface area contributed by atoms with E-state index in [9.17, 15) is 5.11 Å². The molecule has 0 amide bonds. The molecular weight excluding hydrogens is 268 g/mol. The highest BCUT2D eigenvalue weighted by atomic mass is 16.3. The maximum Gasteiger partial charge on any atom is 0.0761 e. The molecule has 0 bridgehead atoms. The molecule has 0 aromatic heterocycles. The van der Waals surface area contributed by atoms with E-state index in [4.69, 9.17) is 0 Å². The number of rotatable bonds is 1. The highest BCUT2D eigenvalue weighted by Crippen LogP contribution is 2.66. The number of hydrogen-bond donors (Lipinski definition) is 1. The molecule has 3 saturated carbocycles. The van der Waals surface area contributed by atoms with Gasteiger partial charge in [0.25, 0.3) is 0 Å². The lowest BCUT2D eigenvalue weighted by Gasteiger charge is -2.58. The highest BCUT2D eigenvalue weighted by Gasteiger charge is 2.59. The first kappa shape index (κ1) is 15.0. The average Bonchev–Trinajstić information content (AvgIpc) is 2.84. The lowest BCUT2D eigenvalue weighted by molar-refractivity contribution is -0.0613. The van der Waals surface area contributed by atoms with Crippen LogP contribution in [0.3, 0.4) is 0 Å². The average molecular weight is 300 g/mol. The van der Waals surface area contributed by atoms with Crippen molar-refractivity contribution in [3.05, 3.63) is 23.8 Å². The van der Waals surface area contributed by atoms with Gasteiger partial charge >= 0.3 is 0 Å².